The molecule has 1 aliphatic rings. The van der Waals surface area contributed by atoms with Gasteiger partial charge in [-0.15, -0.1) is 11.3 Å². The number of carbonyl (C=O) groups excluding carboxylic acids is 1. The molecule has 1 atom stereocenters. The fourth-order valence-electron chi connectivity index (χ4n) is 2.42. The number of rotatable bonds is 5. The van der Waals surface area contributed by atoms with Gasteiger partial charge in [0, 0.05) is 30.7 Å². The number of nitrogens with zero attached hydrogens (tertiary/aromatic N) is 2. The van der Waals surface area contributed by atoms with Gasteiger partial charge in [0.25, 0.3) is 0 Å². The summed E-state index contributed by atoms with van der Waals surface area (Å²) in [5.41, 5.74) is 5.64. The molecule has 5 nitrogen and oxygen atoms in total. The maximum absolute atomic E-state index is 12.0. The van der Waals surface area contributed by atoms with Gasteiger partial charge in [0.2, 0.25) is 5.91 Å². The van der Waals surface area contributed by atoms with Crippen molar-refractivity contribution in [1.29, 1.82) is 0 Å². The first-order chi connectivity index (χ1) is 9.19. The lowest BCUT2D eigenvalue weighted by Crippen LogP contribution is -2.42. The van der Waals surface area contributed by atoms with Crippen LogP contribution in [0.1, 0.15) is 31.1 Å². The van der Waals surface area contributed by atoms with E-state index in [9.17, 15) is 4.79 Å². The minimum Gasteiger partial charge on any atom is -0.375 e. The van der Waals surface area contributed by atoms with Crippen LogP contribution in [0.3, 0.4) is 0 Å². The molecule has 0 spiro atoms. The molecule has 1 fully saturated rings. The van der Waals surface area contributed by atoms with Crippen LogP contribution < -0.4 is 11.1 Å². The Morgan fingerprint density at radius 3 is 3.21 bits per heavy atom. The van der Waals surface area contributed by atoms with Crippen molar-refractivity contribution in [3.05, 3.63) is 11.1 Å². The molecule has 1 aliphatic heterocycles. The molecule has 1 aromatic heterocycles. The molecular weight excluding hydrogens is 260 g/mol. The lowest BCUT2D eigenvalue weighted by atomic mass is 9.97. The Labute approximate surface area is 118 Å². The van der Waals surface area contributed by atoms with E-state index in [4.69, 9.17) is 5.73 Å². The fraction of sp³-hybridized carbons (Fsp3) is 0.692. The number of piperidine rings is 1. The van der Waals surface area contributed by atoms with Crippen molar-refractivity contribution in [1.82, 2.24) is 15.2 Å². The van der Waals surface area contributed by atoms with E-state index in [-0.39, 0.29) is 11.8 Å². The molecule has 6 heteroatoms. The van der Waals surface area contributed by atoms with Gasteiger partial charge in [0.15, 0.2) is 5.13 Å². The van der Waals surface area contributed by atoms with Gasteiger partial charge < -0.3 is 11.1 Å². The van der Waals surface area contributed by atoms with E-state index in [1.807, 2.05) is 6.20 Å². The van der Waals surface area contributed by atoms with Crippen molar-refractivity contribution in [2.24, 2.45) is 5.92 Å². The van der Waals surface area contributed by atoms with Crippen LogP contribution in [0.2, 0.25) is 0 Å². The monoisotopic (exact) mass is 282 g/mol. The normalized spacial score (nSPS) is 20.4. The molecule has 3 N–H and O–H groups in total. The van der Waals surface area contributed by atoms with Crippen molar-refractivity contribution >= 4 is 22.4 Å². The average Bonchev–Trinajstić information content (AvgIpc) is 2.81. The van der Waals surface area contributed by atoms with Crippen LogP contribution in [-0.2, 0) is 11.3 Å². The SMILES string of the molecule is CCCNC(=O)C1CCCN(Cc2cnc(N)s2)C1. The highest BCUT2D eigenvalue weighted by Gasteiger charge is 2.25. The number of anilines is 1. The fourth-order valence-corrected chi connectivity index (χ4v) is 3.15. The maximum Gasteiger partial charge on any atom is 0.224 e. The van der Waals surface area contributed by atoms with Gasteiger partial charge in [-0.3, -0.25) is 9.69 Å². The summed E-state index contributed by atoms with van der Waals surface area (Å²) < 4.78 is 0. The van der Waals surface area contributed by atoms with Crippen LogP contribution >= 0.6 is 11.3 Å². The molecule has 0 aromatic carbocycles. The summed E-state index contributed by atoms with van der Waals surface area (Å²) in [6.07, 6.45) is 4.90. The minimum atomic E-state index is 0.130. The number of hydrogen-bond donors (Lipinski definition) is 2. The molecular formula is C13H22N4OS. The Hall–Kier alpha value is -1.14. The first kappa shape index (κ1) is 14.3. The van der Waals surface area contributed by atoms with E-state index in [2.05, 4.69) is 22.1 Å². The van der Waals surface area contributed by atoms with E-state index in [1.165, 1.54) is 16.2 Å². The van der Waals surface area contributed by atoms with Gasteiger partial charge in [-0.1, -0.05) is 6.92 Å². The first-order valence-electron chi connectivity index (χ1n) is 6.89. The Kier molecular flexibility index (Phi) is 5.15. The molecule has 0 aliphatic carbocycles. The Balaban J connectivity index is 1.84. The summed E-state index contributed by atoms with van der Waals surface area (Å²) in [7, 11) is 0. The molecule has 19 heavy (non-hydrogen) atoms. The topological polar surface area (TPSA) is 71.2 Å². The zero-order valence-electron chi connectivity index (χ0n) is 11.4. The average molecular weight is 282 g/mol. The van der Waals surface area contributed by atoms with E-state index in [0.29, 0.717) is 5.13 Å². The summed E-state index contributed by atoms with van der Waals surface area (Å²) in [5, 5.41) is 3.61. The number of nitrogens with two attached hydrogens (primary N) is 1. The summed E-state index contributed by atoms with van der Waals surface area (Å²) in [6, 6.07) is 0. The molecule has 1 saturated heterocycles. The number of nitrogen functional groups attached to an aromatic ring is 1. The van der Waals surface area contributed by atoms with Crippen LogP contribution in [0.4, 0.5) is 5.13 Å². The number of likely N-dealkylation sites (tertiary alicyclic amines) is 1. The van der Waals surface area contributed by atoms with Gasteiger partial charge in [0.05, 0.1) is 5.92 Å². The zero-order valence-corrected chi connectivity index (χ0v) is 12.2. The summed E-state index contributed by atoms with van der Waals surface area (Å²) in [6.45, 7) is 5.59. The van der Waals surface area contributed by atoms with Gasteiger partial charge in [-0.05, 0) is 25.8 Å². The number of amides is 1. The second-order valence-corrected chi connectivity index (χ2v) is 6.18. The Morgan fingerprint density at radius 1 is 1.68 bits per heavy atom. The second-order valence-electron chi connectivity index (χ2n) is 5.03. The molecule has 106 valence electrons. The third-order valence-corrected chi connectivity index (χ3v) is 4.19. The molecule has 0 bridgehead atoms. The highest BCUT2D eigenvalue weighted by molar-refractivity contribution is 7.15. The molecule has 1 amide bonds. The van der Waals surface area contributed by atoms with Crippen molar-refractivity contribution < 1.29 is 4.79 Å². The quantitative estimate of drug-likeness (QED) is 0.858. The number of nitrogens with one attached hydrogen (secondary N) is 1. The smallest absolute Gasteiger partial charge is 0.224 e. The van der Waals surface area contributed by atoms with Crippen LogP contribution in [0.25, 0.3) is 0 Å². The van der Waals surface area contributed by atoms with E-state index < -0.39 is 0 Å². The summed E-state index contributed by atoms with van der Waals surface area (Å²) >= 11 is 1.53. The maximum atomic E-state index is 12.0. The lowest BCUT2D eigenvalue weighted by molar-refractivity contribution is -0.126. The van der Waals surface area contributed by atoms with Crippen molar-refractivity contribution in [3.8, 4) is 0 Å². The first-order valence-corrected chi connectivity index (χ1v) is 7.71. The molecule has 1 unspecified atom stereocenters. The molecule has 0 saturated carbocycles. The number of aromatic nitrogens is 1. The summed E-state index contributed by atoms with van der Waals surface area (Å²) in [5.74, 6) is 0.334. The van der Waals surface area contributed by atoms with E-state index in [1.54, 1.807) is 0 Å². The third-order valence-electron chi connectivity index (χ3n) is 3.38. The largest absolute Gasteiger partial charge is 0.375 e. The van der Waals surface area contributed by atoms with Crippen molar-refractivity contribution in [2.45, 2.75) is 32.7 Å². The number of hydrogen-bond acceptors (Lipinski definition) is 5. The van der Waals surface area contributed by atoms with Gasteiger partial charge in [-0.2, -0.15) is 0 Å². The lowest BCUT2D eigenvalue weighted by Gasteiger charge is -2.31. The molecule has 2 rings (SSSR count). The zero-order chi connectivity index (χ0) is 13.7. The van der Waals surface area contributed by atoms with E-state index >= 15 is 0 Å². The number of carbonyl (C=O) groups is 1. The summed E-state index contributed by atoms with van der Waals surface area (Å²) in [4.78, 5) is 19.6. The number of thiazole rings is 1. The van der Waals surface area contributed by atoms with Crippen LogP contribution in [0, 0.1) is 5.92 Å². The highest BCUT2D eigenvalue weighted by atomic mass is 32.1. The van der Waals surface area contributed by atoms with E-state index in [0.717, 1.165) is 45.4 Å². The van der Waals surface area contributed by atoms with Crippen molar-refractivity contribution in [3.63, 3.8) is 0 Å². The molecule has 2 heterocycles. The van der Waals surface area contributed by atoms with Crippen LogP contribution in [0.15, 0.2) is 6.20 Å². The Bertz CT molecular complexity index is 421. The highest BCUT2D eigenvalue weighted by Crippen LogP contribution is 2.22. The standard InChI is InChI=1S/C13H22N4OS/c1-2-5-15-12(18)10-4-3-6-17(8-10)9-11-7-16-13(14)19-11/h7,10H,2-6,8-9H2,1H3,(H2,14,16)(H,15,18). The third kappa shape index (κ3) is 4.18. The predicted octanol–water partition coefficient (Wildman–Crippen LogP) is 1.46. The van der Waals surface area contributed by atoms with Gasteiger partial charge in [-0.25, -0.2) is 4.98 Å². The Morgan fingerprint density at radius 2 is 2.53 bits per heavy atom. The van der Waals surface area contributed by atoms with Gasteiger partial charge >= 0.3 is 0 Å². The minimum absolute atomic E-state index is 0.130. The van der Waals surface area contributed by atoms with Crippen LogP contribution in [-0.4, -0.2) is 35.4 Å². The molecule has 1 aromatic rings. The van der Waals surface area contributed by atoms with Crippen molar-refractivity contribution in [2.75, 3.05) is 25.4 Å². The second kappa shape index (κ2) is 6.86. The van der Waals surface area contributed by atoms with Crippen LogP contribution in [0.5, 0.6) is 0 Å². The molecule has 0 radical (unpaired) electrons. The van der Waals surface area contributed by atoms with Gasteiger partial charge in [0.1, 0.15) is 0 Å². The predicted molar refractivity (Wildman–Crippen MR) is 77.8 cm³/mol.